The van der Waals surface area contributed by atoms with Crippen molar-refractivity contribution in [3.63, 3.8) is 0 Å². The van der Waals surface area contributed by atoms with Crippen molar-refractivity contribution < 1.29 is 9.21 Å². The van der Waals surface area contributed by atoms with E-state index in [1.54, 1.807) is 12.1 Å². The lowest BCUT2D eigenvalue weighted by Gasteiger charge is -2.06. The molecular formula is C17H15NO3. The topological polar surface area (TPSA) is 52.2 Å². The Kier molecular flexibility index (Phi) is 3.22. The minimum absolute atomic E-state index is 0.0242. The fraction of sp³-hybridized carbons (Fsp3) is 0.176. The molecule has 0 aliphatic heterocycles. The van der Waals surface area contributed by atoms with Gasteiger partial charge in [-0.15, -0.1) is 0 Å². The van der Waals surface area contributed by atoms with Gasteiger partial charge in [0.2, 0.25) is 0 Å². The van der Waals surface area contributed by atoms with E-state index in [-0.39, 0.29) is 5.78 Å². The van der Waals surface area contributed by atoms with E-state index < -0.39 is 5.76 Å². The first-order valence-corrected chi connectivity index (χ1v) is 6.87. The first-order valence-electron chi connectivity index (χ1n) is 6.87. The number of ketones is 1. The quantitative estimate of drug-likeness (QED) is 0.692. The zero-order valence-electron chi connectivity index (χ0n) is 11.9. The van der Waals surface area contributed by atoms with E-state index in [2.05, 4.69) is 0 Å². The summed E-state index contributed by atoms with van der Waals surface area (Å²) in [5.74, 6) is -0.463. The Morgan fingerprint density at radius 2 is 1.86 bits per heavy atom. The van der Waals surface area contributed by atoms with Gasteiger partial charge in [0.05, 0.1) is 11.2 Å². The average molecular weight is 281 g/mol. The second-order valence-corrected chi connectivity index (χ2v) is 4.89. The number of oxazole rings is 1. The van der Waals surface area contributed by atoms with Crippen LogP contribution < -0.4 is 5.76 Å². The molecule has 0 unspecified atom stereocenters. The van der Waals surface area contributed by atoms with Gasteiger partial charge in [-0.05, 0) is 37.6 Å². The fourth-order valence-corrected chi connectivity index (χ4v) is 2.64. The molecule has 0 radical (unpaired) electrons. The Bertz CT molecular complexity index is 872. The maximum absolute atomic E-state index is 12.2. The summed E-state index contributed by atoms with van der Waals surface area (Å²) in [6.45, 7) is 3.47. The minimum Gasteiger partial charge on any atom is -0.407 e. The van der Waals surface area contributed by atoms with E-state index in [0.717, 1.165) is 11.3 Å². The molecule has 1 aromatic heterocycles. The van der Waals surface area contributed by atoms with Gasteiger partial charge in [-0.1, -0.05) is 25.1 Å². The van der Waals surface area contributed by atoms with Crippen LogP contribution in [0.3, 0.4) is 0 Å². The predicted molar refractivity (Wildman–Crippen MR) is 81.2 cm³/mol. The molecule has 0 aliphatic carbocycles. The van der Waals surface area contributed by atoms with Gasteiger partial charge in [-0.3, -0.25) is 4.79 Å². The molecule has 2 aromatic carbocycles. The van der Waals surface area contributed by atoms with Crippen LogP contribution in [0.2, 0.25) is 0 Å². The maximum atomic E-state index is 12.2. The van der Waals surface area contributed by atoms with Crippen LogP contribution in [0.25, 0.3) is 16.8 Å². The molecule has 1 heterocycles. The van der Waals surface area contributed by atoms with Crippen LogP contribution in [0.1, 0.15) is 29.8 Å². The van der Waals surface area contributed by atoms with E-state index in [4.69, 9.17) is 4.42 Å². The van der Waals surface area contributed by atoms with Gasteiger partial charge in [0, 0.05) is 11.1 Å². The second-order valence-electron chi connectivity index (χ2n) is 4.89. The monoisotopic (exact) mass is 281 g/mol. The van der Waals surface area contributed by atoms with Crippen LogP contribution in [0.15, 0.2) is 51.7 Å². The van der Waals surface area contributed by atoms with Gasteiger partial charge in [0.1, 0.15) is 0 Å². The Balaban J connectivity index is 2.38. The summed E-state index contributed by atoms with van der Waals surface area (Å²) in [7, 11) is 0. The summed E-state index contributed by atoms with van der Waals surface area (Å²) in [4.78, 5) is 23.9. The third kappa shape index (κ3) is 2.09. The molecule has 4 nitrogen and oxygen atoms in total. The van der Waals surface area contributed by atoms with E-state index in [0.29, 0.717) is 23.1 Å². The minimum atomic E-state index is -0.438. The number of fused-ring (bicyclic) bond motifs is 1. The van der Waals surface area contributed by atoms with Crippen molar-refractivity contribution in [2.75, 3.05) is 0 Å². The molecule has 0 atom stereocenters. The standard InChI is InChI=1S/C17H15NO3/c1-3-13-14(11(2)19)9-10-15-16(13)21-17(20)18(15)12-7-5-4-6-8-12/h4-10H,3H2,1-2H3. The Labute approximate surface area is 121 Å². The van der Waals surface area contributed by atoms with Gasteiger partial charge in [0.15, 0.2) is 11.4 Å². The molecule has 0 bridgehead atoms. The summed E-state index contributed by atoms with van der Waals surface area (Å²) < 4.78 is 6.95. The SMILES string of the molecule is CCc1c(C(C)=O)ccc2c1oc(=O)n2-c1ccccc1. The molecule has 106 valence electrons. The number of nitrogens with zero attached hydrogens (tertiary/aromatic N) is 1. The van der Waals surface area contributed by atoms with Crippen molar-refractivity contribution in [3.8, 4) is 5.69 Å². The van der Waals surface area contributed by atoms with Crippen molar-refractivity contribution in [1.82, 2.24) is 4.57 Å². The van der Waals surface area contributed by atoms with Crippen molar-refractivity contribution in [2.45, 2.75) is 20.3 Å². The number of carbonyl (C=O) groups excluding carboxylic acids is 1. The number of rotatable bonds is 3. The molecule has 3 rings (SSSR count). The molecule has 0 amide bonds. The zero-order chi connectivity index (χ0) is 15.0. The van der Waals surface area contributed by atoms with Crippen molar-refractivity contribution in [2.24, 2.45) is 0 Å². The van der Waals surface area contributed by atoms with Crippen molar-refractivity contribution >= 4 is 16.9 Å². The number of benzene rings is 2. The van der Waals surface area contributed by atoms with Crippen LogP contribution in [0, 0.1) is 0 Å². The lowest BCUT2D eigenvalue weighted by molar-refractivity contribution is 0.101. The third-order valence-corrected chi connectivity index (χ3v) is 3.60. The number of aromatic nitrogens is 1. The molecule has 3 aromatic rings. The van der Waals surface area contributed by atoms with Gasteiger partial charge in [-0.25, -0.2) is 9.36 Å². The summed E-state index contributed by atoms with van der Waals surface area (Å²) in [6, 6.07) is 12.8. The molecule has 0 aliphatic rings. The third-order valence-electron chi connectivity index (χ3n) is 3.60. The number of para-hydroxylation sites is 1. The Morgan fingerprint density at radius 1 is 1.14 bits per heavy atom. The highest BCUT2D eigenvalue weighted by molar-refractivity contribution is 5.99. The Hall–Kier alpha value is -2.62. The highest BCUT2D eigenvalue weighted by atomic mass is 16.4. The largest absolute Gasteiger partial charge is 0.424 e. The first-order chi connectivity index (χ1) is 10.1. The molecule has 0 fully saturated rings. The van der Waals surface area contributed by atoms with Crippen LogP contribution >= 0.6 is 0 Å². The van der Waals surface area contributed by atoms with Gasteiger partial charge < -0.3 is 4.42 Å². The summed E-state index contributed by atoms with van der Waals surface area (Å²) in [6.07, 6.45) is 0.633. The number of carbonyl (C=O) groups is 1. The number of hydrogen-bond acceptors (Lipinski definition) is 3. The van der Waals surface area contributed by atoms with E-state index in [1.807, 2.05) is 37.3 Å². The van der Waals surface area contributed by atoms with Crippen LogP contribution in [-0.4, -0.2) is 10.4 Å². The molecule has 0 spiro atoms. The summed E-state index contributed by atoms with van der Waals surface area (Å²) >= 11 is 0. The smallest absolute Gasteiger partial charge is 0.407 e. The van der Waals surface area contributed by atoms with Crippen molar-refractivity contribution in [3.05, 3.63) is 64.1 Å². The van der Waals surface area contributed by atoms with E-state index in [9.17, 15) is 9.59 Å². The average Bonchev–Trinajstić information content (AvgIpc) is 2.82. The highest BCUT2D eigenvalue weighted by Crippen LogP contribution is 2.25. The second kappa shape index (κ2) is 5.05. The molecule has 0 saturated heterocycles. The van der Waals surface area contributed by atoms with E-state index >= 15 is 0 Å². The molecule has 0 N–H and O–H groups in total. The van der Waals surface area contributed by atoms with E-state index in [1.165, 1.54) is 11.5 Å². The molecular weight excluding hydrogens is 266 g/mol. The number of Topliss-reactive ketones (excluding diaryl/α,β-unsaturated/α-hetero) is 1. The lowest BCUT2D eigenvalue weighted by Crippen LogP contribution is -2.11. The zero-order valence-corrected chi connectivity index (χ0v) is 11.9. The highest BCUT2D eigenvalue weighted by Gasteiger charge is 2.17. The maximum Gasteiger partial charge on any atom is 0.424 e. The summed E-state index contributed by atoms with van der Waals surface area (Å²) in [5, 5.41) is 0. The van der Waals surface area contributed by atoms with Gasteiger partial charge in [-0.2, -0.15) is 0 Å². The fourth-order valence-electron chi connectivity index (χ4n) is 2.64. The number of aryl methyl sites for hydroxylation is 1. The molecule has 21 heavy (non-hydrogen) atoms. The normalized spacial score (nSPS) is 11.0. The van der Waals surface area contributed by atoms with Crippen molar-refractivity contribution in [1.29, 1.82) is 0 Å². The number of hydrogen-bond donors (Lipinski definition) is 0. The first kappa shape index (κ1) is 13.4. The van der Waals surface area contributed by atoms with Gasteiger partial charge >= 0.3 is 5.76 Å². The predicted octanol–water partition coefficient (Wildman–Crippen LogP) is 3.35. The molecule has 0 saturated carbocycles. The summed E-state index contributed by atoms with van der Waals surface area (Å²) in [5.41, 5.74) is 3.33. The Morgan fingerprint density at radius 3 is 2.48 bits per heavy atom. The van der Waals surface area contributed by atoms with Crippen LogP contribution in [0.5, 0.6) is 0 Å². The van der Waals surface area contributed by atoms with Crippen LogP contribution in [0.4, 0.5) is 0 Å². The van der Waals surface area contributed by atoms with Gasteiger partial charge in [0.25, 0.3) is 0 Å². The lowest BCUT2D eigenvalue weighted by atomic mass is 10.0. The molecule has 4 heteroatoms. The van der Waals surface area contributed by atoms with Crippen LogP contribution in [-0.2, 0) is 6.42 Å².